The van der Waals surface area contributed by atoms with Crippen LogP contribution in [0.5, 0.6) is 0 Å². The van der Waals surface area contributed by atoms with Crippen molar-refractivity contribution in [2.45, 2.75) is 38.3 Å². The van der Waals surface area contributed by atoms with Crippen molar-refractivity contribution in [2.75, 3.05) is 0 Å². The Hall–Kier alpha value is -3.00. The first-order valence-corrected chi connectivity index (χ1v) is 10.1. The number of nitrogens with one attached hydrogen (secondary N) is 1. The molecule has 144 valence electrons. The van der Waals surface area contributed by atoms with Gasteiger partial charge in [0.15, 0.2) is 0 Å². The maximum atomic E-state index is 13.3. The van der Waals surface area contributed by atoms with Crippen molar-refractivity contribution in [1.82, 2.24) is 20.4 Å². The smallest absolute Gasteiger partial charge is 0.325 e. The van der Waals surface area contributed by atoms with E-state index in [9.17, 15) is 9.59 Å². The topological polar surface area (TPSA) is 88.3 Å². The zero-order valence-electron chi connectivity index (χ0n) is 15.4. The fourth-order valence-corrected chi connectivity index (χ4v) is 4.04. The molecular weight excluding hydrogens is 376 g/mol. The highest BCUT2D eigenvalue weighted by molar-refractivity contribution is 7.08. The first-order valence-electron chi connectivity index (χ1n) is 9.19. The lowest BCUT2D eigenvalue weighted by Gasteiger charge is -2.27. The van der Waals surface area contributed by atoms with Crippen LogP contribution in [0, 0.1) is 0 Å². The largest absolute Gasteiger partial charge is 0.337 e. The van der Waals surface area contributed by atoms with Crippen LogP contribution in [0.25, 0.3) is 11.4 Å². The molecule has 4 rings (SSSR count). The van der Waals surface area contributed by atoms with Gasteiger partial charge in [0.1, 0.15) is 12.1 Å². The normalized spacial score (nSPS) is 19.2. The summed E-state index contributed by atoms with van der Waals surface area (Å²) in [5.74, 6) is 0.389. The summed E-state index contributed by atoms with van der Waals surface area (Å²) in [5.41, 5.74) is 0.581. The standard InChI is InChI=1S/C20H20N4O3S/c1-2-3-10-20(15-7-5-4-6-8-15)18(25)24(19(26)22-20)12-16-21-17(23-27-16)14-9-11-28-13-14/h4-9,11,13H,2-3,10,12H2,1H3,(H,22,26). The number of unbranched alkanes of at least 4 members (excludes halogenated alkanes) is 1. The minimum Gasteiger partial charge on any atom is -0.337 e. The van der Waals surface area contributed by atoms with Crippen LogP contribution in [0.4, 0.5) is 4.79 Å². The third-order valence-corrected chi connectivity index (χ3v) is 5.57. The molecule has 1 N–H and O–H groups in total. The second-order valence-corrected chi connectivity index (χ2v) is 7.50. The summed E-state index contributed by atoms with van der Waals surface area (Å²) in [6.45, 7) is 2.00. The van der Waals surface area contributed by atoms with Crippen LogP contribution < -0.4 is 5.32 Å². The van der Waals surface area contributed by atoms with Gasteiger partial charge in [0.2, 0.25) is 11.7 Å². The van der Waals surface area contributed by atoms with E-state index in [1.807, 2.05) is 47.2 Å². The molecule has 0 spiro atoms. The molecule has 3 amide bonds. The molecule has 0 bridgehead atoms. The fraction of sp³-hybridized carbons (Fsp3) is 0.300. The number of urea groups is 1. The molecule has 3 aromatic rings. The molecule has 1 saturated heterocycles. The predicted octanol–water partition coefficient (Wildman–Crippen LogP) is 3.94. The van der Waals surface area contributed by atoms with Gasteiger partial charge in [-0.05, 0) is 23.4 Å². The molecule has 8 heteroatoms. The van der Waals surface area contributed by atoms with Gasteiger partial charge in [-0.1, -0.05) is 55.3 Å². The van der Waals surface area contributed by atoms with Gasteiger partial charge in [0, 0.05) is 10.9 Å². The average Bonchev–Trinajstić information content (AvgIpc) is 3.44. The number of aromatic nitrogens is 2. The molecule has 0 radical (unpaired) electrons. The number of rotatable bonds is 7. The van der Waals surface area contributed by atoms with Gasteiger partial charge in [-0.15, -0.1) is 0 Å². The first-order chi connectivity index (χ1) is 13.6. The number of thiophene rings is 1. The van der Waals surface area contributed by atoms with E-state index in [-0.39, 0.29) is 18.3 Å². The lowest BCUT2D eigenvalue weighted by molar-refractivity contribution is -0.132. The Balaban J connectivity index is 1.60. The van der Waals surface area contributed by atoms with Crippen LogP contribution in [0.1, 0.15) is 37.6 Å². The Morgan fingerprint density at radius 2 is 2.04 bits per heavy atom. The van der Waals surface area contributed by atoms with E-state index in [2.05, 4.69) is 22.4 Å². The van der Waals surface area contributed by atoms with Crippen molar-refractivity contribution in [3.05, 3.63) is 58.6 Å². The highest BCUT2D eigenvalue weighted by atomic mass is 32.1. The first kappa shape index (κ1) is 18.4. The summed E-state index contributed by atoms with van der Waals surface area (Å²) in [7, 11) is 0. The average molecular weight is 396 g/mol. The molecule has 28 heavy (non-hydrogen) atoms. The Bertz CT molecular complexity index is 971. The quantitative estimate of drug-likeness (QED) is 0.611. The lowest BCUT2D eigenvalue weighted by Crippen LogP contribution is -2.44. The summed E-state index contributed by atoms with van der Waals surface area (Å²) in [5, 5.41) is 10.7. The van der Waals surface area contributed by atoms with Gasteiger partial charge in [-0.25, -0.2) is 4.79 Å². The molecule has 1 atom stereocenters. The van der Waals surface area contributed by atoms with E-state index in [0.29, 0.717) is 12.2 Å². The zero-order chi connectivity index (χ0) is 19.6. The Kier molecular flexibility index (Phi) is 4.95. The van der Waals surface area contributed by atoms with Gasteiger partial charge < -0.3 is 9.84 Å². The second-order valence-electron chi connectivity index (χ2n) is 6.72. The molecule has 1 fully saturated rings. The van der Waals surface area contributed by atoms with E-state index >= 15 is 0 Å². The van der Waals surface area contributed by atoms with E-state index in [1.165, 1.54) is 11.3 Å². The van der Waals surface area contributed by atoms with Crippen LogP contribution in [-0.4, -0.2) is 27.0 Å². The molecule has 1 aliphatic heterocycles. The predicted molar refractivity (Wildman–Crippen MR) is 104 cm³/mol. The van der Waals surface area contributed by atoms with Crippen LogP contribution in [0.2, 0.25) is 0 Å². The van der Waals surface area contributed by atoms with E-state index in [1.54, 1.807) is 0 Å². The van der Waals surface area contributed by atoms with Crippen molar-refractivity contribution in [3.63, 3.8) is 0 Å². The summed E-state index contributed by atoms with van der Waals surface area (Å²) >= 11 is 1.53. The van der Waals surface area contributed by atoms with Gasteiger partial charge in [0.25, 0.3) is 5.91 Å². The highest BCUT2D eigenvalue weighted by Gasteiger charge is 2.52. The summed E-state index contributed by atoms with van der Waals surface area (Å²) < 4.78 is 5.27. The lowest BCUT2D eigenvalue weighted by atomic mass is 9.85. The van der Waals surface area contributed by atoms with Crippen molar-refractivity contribution >= 4 is 23.3 Å². The zero-order valence-corrected chi connectivity index (χ0v) is 16.2. The molecule has 0 aliphatic carbocycles. The fourth-order valence-electron chi connectivity index (χ4n) is 3.41. The Morgan fingerprint density at radius 1 is 1.21 bits per heavy atom. The number of nitrogens with zero attached hydrogens (tertiary/aromatic N) is 3. The van der Waals surface area contributed by atoms with Gasteiger partial charge in [0.05, 0.1) is 0 Å². The minimum atomic E-state index is -1.05. The van der Waals surface area contributed by atoms with Crippen LogP contribution >= 0.6 is 11.3 Å². The molecule has 1 unspecified atom stereocenters. The number of carbonyl (C=O) groups excluding carboxylic acids is 2. The van der Waals surface area contributed by atoms with Crippen molar-refractivity contribution in [3.8, 4) is 11.4 Å². The number of hydrogen-bond acceptors (Lipinski definition) is 6. The van der Waals surface area contributed by atoms with Crippen molar-refractivity contribution < 1.29 is 14.1 Å². The third-order valence-electron chi connectivity index (χ3n) is 4.89. The molecule has 7 nitrogen and oxygen atoms in total. The van der Waals surface area contributed by atoms with Crippen LogP contribution in [0.15, 0.2) is 51.7 Å². The van der Waals surface area contributed by atoms with Crippen LogP contribution in [0.3, 0.4) is 0 Å². The molecule has 1 aliphatic rings. The molecule has 3 heterocycles. The van der Waals surface area contributed by atoms with Gasteiger partial charge in [-0.2, -0.15) is 16.3 Å². The maximum Gasteiger partial charge on any atom is 0.325 e. The van der Waals surface area contributed by atoms with E-state index in [4.69, 9.17) is 4.52 Å². The van der Waals surface area contributed by atoms with Crippen LogP contribution in [-0.2, 0) is 16.9 Å². The number of hydrogen-bond donors (Lipinski definition) is 1. The Labute approximate surface area is 166 Å². The molecule has 2 aromatic heterocycles. The summed E-state index contributed by atoms with van der Waals surface area (Å²) in [6.07, 6.45) is 2.28. The van der Waals surface area contributed by atoms with E-state index < -0.39 is 11.6 Å². The van der Waals surface area contributed by atoms with Crippen molar-refractivity contribution in [1.29, 1.82) is 0 Å². The van der Waals surface area contributed by atoms with Gasteiger partial charge >= 0.3 is 6.03 Å². The number of carbonyl (C=O) groups is 2. The number of benzene rings is 1. The molecular formula is C20H20N4O3S. The van der Waals surface area contributed by atoms with E-state index in [0.717, 1.165) is 28.9 Å². The molecule has 1 aromatic carbocycles. The number of amides is 3. The summed E-state index contributed by atoms with van der Waals surface area (Å²) in [6, 6.07) is 10.8. The SMILES string of the molecule is CCCCC1(c2ccccc2)NC(=O)N(Cc2nc(-c3ccsc3)no2)C1=O. The number of imide groups is 1. The highest BCUT2D eigenvalue weighted by Crippen LogP contribution is 2.34. The monoisotopic (exact) mass is 396 g/mol. The van der Waals surface area contributed by atoms with Gasteiger partial charge in [-0.3, -0.25) is 9.69 Å². The second kappa shape index (κ2) is 7.55. The molecule has 0 saturated carbocycles. The third kappa shape index (κ3) is 3.20. The minimum absolute atomic E-state index is 0.0531. The van der Waals surface area contributed by atoms with Crippen molar-refractivity contribution in [2.24, 2.45) is 0 Å². The summed E-state index contributed by atoms with van der Waals surface area (Å²) in [4.78, 5) is 31.5. The maximum absolute atomic E-state index is 13.3. The Morgan fingerprint density at radius 3 is 2.75 bits per heavy atom.